The third-order valence-corrected chi connectivity index (χ3v) is 9.68. The molecule has 3 aromatic rings. The van der Waals surface area contributed by atoms with Crippen LogP contribution in [0.5, 0.6) is 0 Å². The molecule has 9 nitrogen and oxygen atoms in total. The van der Waals surface area contributed by atoms with Gasteiger partial charge in [-0.25, -0.2) is 35.5 Å². The molecular weight excluding hydrogens is 631 g/mol. The largest absolute Gasteiger partial charge is 0.307 e. The highest BCUT2D eigenvalue weighted by atomic mass is 32.2. The lowest BCUT2D eigenvalue weighted by Gasteiger charge is -2.27. The molecule has 3 N–H and O–H groups in total. The molecule has 238 valence electrons. The van der Waals surface area contributed by atoms with Gasteiger partial charge in [0.25, 0.3) is 10.2 Å². The topological polar surface area (TPSA) is 130 Å². The molecule has 4 rings (SSSR count). The highest BCUT2D eigenvalue weighted by Crippen LogP contribution is 2.33. The number of nitrogens with one attached hydrogen (secondary N) is 1. The van der Waals surface area contributed by atoms with Gasteiger partial charge in [-0.3, -0.25) is 9.52 Å². The summed E-state index contributed by atoms with van der Waals surface area (Å²) in [6, 6.07) is 12.8. The maximum Gasteiger partial charge on any atom is 0.296 e. The van der Waals surface area contributed by atoms with Crippen LogP contribution < -0.4 is 14.8 Å². The fourth-order valence-corrected chi connectivity index (χ4v) is 6.73. The maximum absolute atomic E-state index is 14.3. The molecule has 1 aliphatic rings. The minimum atomic E-state index is -5.39. The second kappa shape index (κ2) is 13.2. The highest BCUT2D eigenvalue weighted by molar-refractivity contribution is 7.90. The number of carbonyl (C=O) groups excluding carboxylic acids is 1. The van der Waals surface area contributed by atoms with Gasteiger partial charge in [-0.1, -0.05) is 43.5 Å². The number of hydrogen-bond donors (Lipinski definition) is 2. The van der Waals surface area contributed by atoms with Crippen molar-refractivity contribution >= 4 is 37.5 Å². The quantitative estimate of drug-likeness (QED) is 0.182. The van der Waals surface area contributed by atoms with Crippen LogP contribution in [0.25, 0.3) is 0 Å². The maximum atomic E-state index is 14.3. The molecule has 0 heterocycles. The van der Waals surface area contributed by atoms with Crippen molar-refractivity contribution in [3.05, 3.63) is 88.7 Å². The van der Waals surface area contributed by atoms with E-state index in [9.17, 15) is 43.6 Å². The Bertz CT molecular complexity index is 1720. The molecule has 0 atom stereocenters. The van der Waals surface area contributed by atoms with Crippen molar-refractivity contribution in [2.24, 2.45) is 5.14 Å². The standard InChI is InChI=1S/C28H29F5N4O5S2/c1-36(43(39,40)28-26(32)24(30)23(29)25(31)27(28)33)16-22(38)37(21-13-11-20(12-14-21)35-44(34,41)42)15-17-7-9-19(10-8-17)18-5-3-2-4-6-18/h7-14,18,35H,2-6,15-16H2,1H3,(H2,34,41,42). The summed E-state index contributed by atoms with van der Waals surface area (Å²) in [4.78, 5) is 12.6. The first-order valence-corrected chi connectivity index (χ1v) is 16.4. The van der Waals surface area contributed by atoms with Gasteiger partial charge in [0.2, 0.25) is 21.7 Å². The van der Waals surface area contributed by atoms with E-state index in [1.54, 1.807) is 12.1 Å². The molecule has 0 spiro atoms. The summed E-state index contributed by atoms with van der Waals surface area (Å²) in [5, 5.41) is 4.99. The molecule has 1 fully saturated rings. The summed E-state index contributed by atoms with van der Waals surface area (Å²) in [6.07, 6.45) is 5.57. The van der Waals surface area contributed by atoms with Crippen LogP contribution in [-0.4, -0.2) is 40.6 Å². The average molecular weight is 661 g/mol. The number of benzene rings is 3. The van der Waals surface area contributed by atoms with E-state index in [1.807, 2.05) is 12.1 Å². The van der Waals surface area contributed by atoms with Gasteiger partial charge in [0.1, 0.15) is 0 Å². The Morgan fingerprint density at radius 1 is 0.818 bits per heavy atom. The first-order valence-electron chi connectivity index (χ1n) is 13.4. The Labute approximate surface area is 251 Å². The molecule has 1 saturated carbocycles. The van der Waals surface area contributed by atoms with Crippen LogP contribution in [-0.2, 0) is 31.6 Å². The van der Waals surface area contributed by atoms with E-state index < -0.39 is 66.7 Å². The van der Waals surface area contributed by atoms with E-state index in [2.05, 4.69) is 4.72 Å². The lowest BCUT2D eigenvalue weighted by Crippen LogP contribution is -2.41. The molecule has 0 aliphatic heterocycles. The predicted molar refractivity (Wildman–Crippen MR) is 153 cm³/mol. The smallest absolute Gasteiger partial charge is 0.296 e. The number of amides is 1. The van der Waals surface area contributed by atoms with Crippen LogP contribution in [0.2, 0.25) is 0 Å². The zero-order valence-electron chi connectivity index (χ0n) is 23.4. The summed E-state index contributed by atoms with van der Waals surface area (Å²) < 4.78 is 121. The number of hydrogen-bond acceptors (Lipinski definition) is 5. The van der Waals surface area contributed by atoms with E-state index in [-0.39, 0.29) is 22.2 Å². The number of likely N-dealkylation sites (N-methyl/N-ethyl adjacent to an activating group) is 1. The molecular formula is C28H29F5N4O5S2. The number of nitrogens with zero attached hydrogens (tertiary/aromatic N) is 2. The average Bonchev–Trinajstić information content (AvgIpc) is 2.98. The molecule has 0 saturated heterocycles. The predicted octanol–water partition coefficient (Wildman–Crippen LogP) is 4.90. The summed E-state index contributed by atoms with van der Waals surface area (Å²) >= 11 is 0. The molecule has 3 aromatic carbocycles. The van der Waals surface area contributed by atoms with E-state index in [1.165, 1.54) is 30.7 Å². The van der Waals surface area contributed by atoms with Gasteiger partial charge in [0.15, 0.2) is 28.2 Å². The first-order chi connectivity index (χ1) is 20.6. The Morgan fingerprint density at radius 3 is 1.86 bits per heavy atom. The van der Waals surface area contributed by atoms with Gasteiger partial charge in [-0.05, 0) is 54.2 Å². The lowest BCUT2D eigenvalue weighted by molar-refractivity contribution is -0.118. The normalized spacial score (nSPS) is 14.5. The minimum Gasteiger partial charge on any atom is -0.307 e. The fourth-order valence-electron chi connectivity index (χ4n) is 5.04. The van der Waals surface area contributed by atoms with Crippen molar-refractivity contribution in [3.63, 3.8) is 0 Å². The SMILES string of the molecule is CN(CC(=O)N(Cc1ccc(C2CCCCC2)cc1)c1ccc(NS(N)(=O)=O)cc1)S(=O)(=O)c1c(F)c(F)c(F)c(F)c1F. The van der Waals surface area contributed by atoms with E-state index >= 15 is 0 Å². The van der Waals surface area contributed by atoms with E-state index in [0.29, 0.717) is 11.5 Å². The van der Waals surface area contributed by atoms with Crippen LogP contribution in [0.15, 0.2) is 53.4 Å². The number of anilines is 2. The Balaban J connectivity index is 1.64. The van der Waals surface area contributed by atoms with Crippen molar-refractivity contribution in [1.82, 2.24) is 4.31 Å². The number of nitrogens with two attached hydrogens (primary N) is 1. The molecule has 0 radical (unpaired) electrons. The van der Waals surface area contributed by atoms with Crippen molar-refractivity contribution in [2.75, 3.05) is 23.2 Å². The summed E-state index contributed by atoms with van der Waals surface area (Å²) in [5.74, 6) is -13.1. The lowest BCUT2D eigenvalue weighted by atomic mass is 9.84. The van der Waals surface area contributed by atoms with Crippen LogP contribution >= 0.6 is 0 Å². The number of sulfonamides is 1. The molecule has 0 unspecified atom stereocenters. The zero-order chi connectivity index (χ0) is 32.4. The summed E-state index contributed by atoms with van der Waals surface area (Å²) in [5.41, 5.74) is 2.01. The second-order valence-electron chi connectivity index (χ2n) is 10.4. The number of rotatable bonds is 10. The van der Waals surface area contributed by atoms with Gasteiger partial charge >= 0.3 is 0 Å². The third-order valence-electron chi connectivity index (χ3n) is 7.33. The molecule has 44 heavy (non-hydrogen) atoms. The Hall–Kier alpha value is -3.60. The number of carbonyl (C=O) groups is 1. The molecule has 1 amide bonds. The first kappa shape index (κ1) is 33.3. The molecule has 16 heteroatoms. The highest BCUT2D eigenvalue weighted by Gasteiger charge is 2.37. The van der Waals surface area contributed by atoms with Crippen molar-refractivity contribution in [1.29, 1.82) is 0 Å². The monoisotopic (exact) mass is 660 g/mol. The van der Waals surface area contributed by atoms with Crippen LogP contribution in [0.3, 0.4) is 0 Å². The third kappa shape index (κ3) is 7.36. The van der Waals surface area contributed by atoms with Crippen molar-refractivity contribution in [2.45, 2.75) is 49.5 Å². The number of halogens is 5. The van der Waals surface area contributed by atoms with Gasteiger partial charge in [0.05, 0.1) is 13.1 Å². The van der Waals surface area contributed by atoms with Gasteiger partial charge in [-0.2, -0.15) is 12.7 Å². The van der Waals surface area contributed by atoms with E-state index in [0.717, 1.165) is 43.2 Å². The minimum absolute atomic E-state index is 0.0616. The Morgan fingerprint density at radius 2 is 1.34 bits per heavy atom. The van der Waals surface area contributed by atoms with Gasteiger partial charge < -0.3 is 4.90 Å². The van der Waals surface area contributed by atoms with E-state index in [4.69, 9.17) is 5.14 Å². The van der Waals surface area contributed by atoms with Crippen LogP contribution in [0.1, 0.15) is 49.1 Å². The molecule has 0 bridgehead atoms. The van der Waals surface area contributed by atoms with Gasteiger partial charge in [-0.15, -0.1) is 0 Å². The summed E-state index contributed by atoms with van der Waals surface area (Å²) in [6.45, 7) is -1.17. The molecule has 0 aromatic heterocycles. The summed E-state index contributed by atoms with van der Waals surface area (Å²) in [7, 11) is -8.75. The zero-order valence-corrected chi connectivity index (χ0v) is 25.0. The van der Waals surface area contributed by atoms with Crippen molar-refractivity contribution in [3.8, 4) is 0 Å². The fraction of sp³-hybridized carbons (Fsp3) is 0.321. The molecule has 1 aliphatic carbocycles. The van der Waals surface area contributed by atoms with Crippen LogP contribution in [0.4, 0.5) is 33.3 Å². The van der Waals surface area contributed by atoms with Gasteiger partial charge in [0, 0.05) is 18.4 Å². The van der Waals surface area contributed by atoms with Crippen LogP contribution in [0, 0.1) is 29.1 Å². The second-order valence-corrected chi connectivity index (χ2v) is 13.7. The Kier molecular flexibility index (Phi) is 9.97. The van der Waals surface area contributed by atoms with Crippen molar-refractivity contribution < 1.29 is 43.6 Å².